The minimum absolute atomic E-state index is 0.0538. The Kier molecular flexibility index (Phi) is 3.51. The van der Waals surface area contributed by atoms with Gasteiger partial charge in [-0.1, -0.05) is 5.16 Å². The highest BCUT2D eigenvalue weighted by Gasteiger charge is 2.27. The fourth-order valence-corrected chi connectivity index (χ4v) is 2.54. The fourth-order valence-electron chi connectivity index (χ4n) is 2.54. The number of hydrogen-bond donors (Lipinski definition) is 1. The highest BCUT2D eigenvalue weighted by atomic mass is 16.5. The molecule has 7 heteroatoms. The summed E-state index contributed by atoms with van der Waals surface area (Å²) >= 11 is 0. The first-order valence-corrected chi connectivity index (χ1v) is 6.54. The van der Waals surface area contributed by atoms with E-state index in [1.54, 1.807) is 18.4 Å². The fraction of sp³-hybridized carbons (Fsp3) is 0.462. The van der Waals surface area contributed by atoms with Crippen molar-refractivity contribution in [3.8, 4) is 11.7 Å². The number of furan rings is 1. The summed E-state index contributed by atoms with van der Waals surface area (Å²) in [4.78, 5) is 17.2. The Hall–Kier alpha value is -2.15. The molecule has 7 nitrogen and oxygen atoms in total. The lowest BCUT2D eigenvalue weighted by Crippen LogP contribution is -2.31. The SMILES string of the molecule is O=C(O)CC1CCCN1Cc1noc(-c2ccco2)n1. The predicted molar refractivity (Wildman–Crippen MR) is 67.7 cm³/mol. The molecule has 1 saturated heterocycles. The lowest BCUT2D eigenvalue weighted by atomic mass is 10.1. The Morgan fingerprint density at radius 1 is 1.55 bits per heavy atom. The molecule has 1 N–H and O–H groups in total. The highest BCUT2D eigenvalue weighted by molar-refractivity contribution is 5.67. The van der Waals surface area contributed by atoms with Crippen molar-refractivity contribution < 1.29 is 18.8 Å². The topological polar surface area (TPSA) is 92.6 Å². The van der Waals surface area contributed by atoms with Crippen molar-refractivity contribution in [2.45, 2.75) is 31.8 Å². The number of carboxylic acids is 1. The van der Waals surface area contributed by atoms with Gasteiger partial charge in [-0.3, -0.25) is 9.69 Å². The van der Waals surface area contributed by atoms with Crippen LogP contribution in [0, 0.1) is 0 Å². The molecule has 3 heterocycles. The van der Waals surface area contributed by atoms with Crippen molar-refractivity contribution in [3.63, 3.8) is 0 Å². The van der Waals surface area contributed by atoms with E-state index in [1.807, 2.05) is 0 Å². The van der Waals surface area contributed by atoms with Gasteiger partial charge in [0.1, 0.15) is 0 Å². The molecule has 0 amide bonds. The van der Waals surface area contributed by atoms with Crippen molar-refractivity contribution in [3.05, 3.63) is 24.2 Å². The lowest BCUT2D eigenvalue weighted by molar-refractivity contribution is -0.138. The van der Waals surface area contributed by atoms with Gasteiger partial charge in [0.05, 0.1) is 19.2 Å². The maximum Gasteiger partial charge on any atom is 0.304 e. The Bertz CT molecular complexity index is 578. The summed E-state index contributed by atoms with van der Waals surface area (Å²) in [6.07, 6.45) is 3.60. The van der Waals surface area contributed by atoms with E-state index in [0.29, 0.717) is 24.0 Å². The van der Waals surface area contributed by atoms with Crippen LogP contribution in [-0.2, 0) is 11.3 Å². The molecule has 0 aromatic carbocycles. The number of likely N-dealkylation sites (tertiary alicyclic amines) is 1. The normalized spacial score (nSPS) is 19.5. The molecular weight excluding hydrogens is 262 g/mol. The summed E-state index contributed by atoms with van der Waals surface area (Å²) in [6.45, 7) is 1.37. The lowest BCUT2D eigenvalue weighted by Gasteiger charge is -2.20. The van der Waals surface area contributed by atoms with Gasteiger partial charge < -0.3 is 14.0 Å². The Morgan fingerprint density at radius 3 is 3.20 bits per heavy atom. The van der Waals surface area contributed by atoms with E-state index in [9.17, 15) is 4.79 Å². The maximum atomic E-state index is 10.8. The van der Waals surface area contributed by atoms with E-state index in [-0.39, 0.29) is 12.5 Å². The second-order valence-corrected chi connectivity index (χ2v) is 4.86. The van der Waals surface area contributed by atoms with Crippen LogP contribution < -0.4 is 0 Å². The molecule has 2 aromatic rings. The van der Waals surface area contributed by atoms with Crippen LogP contribution in [0.3, 0.4) is 0 Å². The Morgan fingerprint density at radius 2 is 2.45 bits per heavy atom. The summed E-state index contributed by atoms with van der Waals surface area (Å²) in [5.74, 6) is 0.659. The molecule has 1 fully saturated rings. The molecule has 106 valence electrons. The Labute approximate surface area is 115 Å². The van der Waals surface area contributed by atoms with Crippen LogP contribution in [0.2, 0.25) is 0 Å². The van der Waals surface area contributed by atoms with Crippen LogP contribution in [-0.4, -0.2) is 38.7 Å². The Balaban J connectivity index is 1.67. The minimum Gasteiger partial charge on any atom is -0.481 e. The van der Waals surface area contributed by atoms with Crippen LogP contribution in [0.15, 0.2) is 27.3 Å². The van der Waals surface area contributed by atoms with Gasteiger partial charge in [-0.15, -0.1) is 0 Å². The summed E-state index contributed by atoms with van der Waals surface area (Å²) < 4.78 is 10.3. The van der Waals surface area contributed by atoms with Gasteiger partial charge in [-0.2, -0.15) is 4.98 Å². The summed E-state index contributed by atoms with van der Waals surface area (Å²) in [5.41, 5.74) is 0. The van der Waals surface area contributed by atoms with E-state index in [0.717, 1.165) is 19.4 Å². The van der Waals surface area contributed by atoms with Crippen molar-refractivity contribution in [1.82, 2.24) is 15.0 Å². The molecule has 0 saturated carbocycles. The number of hydrogen-bond acceptors (Lipinski definition) is 6. The molecule has 0 bridgehead atoms. The largest absolute Gasteiger partial charge is 0.481 e. The first-order chi connectivity index (χ1) is 9.72. The number of aliphatic carboxylic acids is 1. The van der Waals surface area contributed by atoms with E-state index < -0.39 is 5.97 Å². The van der Waals surface area contributed by atoms with Gasteiger partial charge in [0, 0.05) is 6.04 Å². The molecule has 20 heavy (non-hydrogen) atoms. The quantitative estimate of drug-likeness (QED) is 0.890. The zero-order chi connectivity index (χ0) is 13.9. The van der Waals surface area contributed by atoms with Gasteiger partial charge in [-0.25, -0.2) is 0 Å². The average molecular weight is 277 g/mol. The molecule has 1 aliphatic rings. The third kappa shape index (κ3) is 2.72. The standard InChI is InChI=1S/C13H15N3O4/c17-12(18)7-9-3-1-5-16(9)8-11-14-13(20-15-11)10-4-2-6-19-10/h2,4,6,9H,1,3,5,7-8H2,(H,17,18). The number of nitrogens with zero attached hydrogens (tertiary/aromatic N) is 3. The molecule has 0 radical (unpaired) electrons. The molecule has 1 atom stereocenters. The van der Waals surface area contributed by atoms with Crippen molar-refractivity contribution in [1.29, 1.82) is 0 Å². The molecule has 2 aromatic heterocycles. The van der Waals surface area contributed by atoms with Crippen LogP contribution >= 0.6 is 0 Å². The van der Waals surface area contributed by atoms with E-state index in [4.69, 9.17) is 14.0 Å². The second-order valence-electron chi connectivity index (χ2n) is 4.86. The van der Waals surface area contributed by atoms with Crippen molar-refractivity contribution >= 4 is 5.97 Å². The summed E-state index contributed by atoms with van der Waals surface area (Å²) in [5, 5.41) is 12.8. The molecule has 0 spiro atoms. The number of carboxylic acid groups (broad SMARTS) is 1. The number of aromatic nitrogens is 2. The van der Waals surface area contributed by atoms with Crippen LogP contribution in [0.25, 0.3) is 11.7 Å². The van der Waals surface area contributed by atoms with Crippen molar-refractivity contribution in [2.75, 3.05) is 6.54 Å². The van der Waals surface area contributed by atoms with E-state index >= 15 is 0 Å². The second kappa shape index (κ2) is 5.46. The predicted octanol–water partition coefficient (Wildman–Crippen LogP) is 1.77. The smallest absolute Gasteiger partial charge is 0.304 e. The third-order valence-corrected chi connectivity index (χ3v) is 3.45. The van der Waals surface area contributed by atoms with Gasteiger partial charge >= 0.3 is 5.97 Å². The van der Waals surface area contributed by atoms with Crippen LogP contribution in [0.1, 0.15) is 25.1 Å². The number of carbonyl (C=O) groups is 1. The van der Waals surface area contributed by atoms with Crippen molar-refractivity contribution in [2.24, 2.45) is 0 Å². The zero-order valence-corrected chi connectivity index (χ0v) is 10.9. The zero-order valence-electron chi connectivity index (χ0n) is 10.9. The van der Waals surface area contributed by atoms with Gasteiger partial charge in [0.25, 0.3) is 5.89 Å². The average Bonchev–Trinajstić information content (AvgIpc) is 3.11. The maximum absolute atomic E-state index is 10.8. The van der Waals surface area contributed by atoms with Gasteiger partial charge in [0.2, 0.25) is 0 Å². The molecule has 1 unspecified atom stereocenters. The highest BCUT2D eigenvalue weighted by Crippen LogP contribution is 2.23. The van der Waals surface area contributed by atoms with Gasteiger partial charge in [-0.05, 0) is 31.5 Å². The monoisotopic (exact) mass is 277 g/mol. The van der Waals surface area contributed by atoms with Crippen LogP contribution in [0.5, 0.6) is 0 Å². The third-order valence-electron chi connectivity index (χ3n) is 3.45. The molecule has 3 rings (SSSR count). The minimum atomic E-state index is -0.772. The summed E-state index contributed by atoms with van der Waals surface area (Å²) in [7, 11) is 0. The summed E-state index contributed by atoms with van der Waals surface area (Å²) in [6, 6.07) is 3.56. The first kappa shape index (κ1) is 12.9. The number of rotatable bonds is 5. The van der Waals surface area contributed by atoms with Gasteiger partial charge in [0.15, 0.2) is 11.6 Å². The van der Waals surface area contributed by atoms with Crippen LogP contribution in [0.4, 0.5) is 0 Å². The van der Waals surface area contributed by atoms with E-state index in [2.05, 4.69) is 15.0 Å². The van der Waals surface area contributed by atoms with E-state index in [1.165, 1.54) is 0 Å². The molecule has 1 aliphatic heterocycles. The molecule has 0 aliphatic carbocycles. The molecular formula is C13H15N3O4. The first-order valence-electron chi connectivity index (χ1n) is 6.54.